The highest BCUT2D eigenvalue weighted by Gasteiger charge is 2.13. The fourth-order valence-corrected chi connectivity index (χ4v) is 1.92. The Kier molecular flexibility index (Phi) is 7.14. The van der Waals surface area contributed by atoms with Crippen molar-refractivity contribution in [2.45, 2.75) is 38.8 Å². The molecule has 0 aromatic heterocycles. The van der Waals surface area contributed by atoms with Crippen LogP contribution in [-0.4, -0.2) is 40.5 Å². The summed E-state index contributed by atoms with van der Waals surface area (Å²) in [4.78, 5) is 11.6. The number of carbonyl (C=O) groups is 1. The number of anilines is 1. The van der Waals surface area contributed by atoms with Crippen molar-refractivity contribution >= 4 is 11.6 Å². The Hall–Kier alpha value is -1.63. The Morgan fingerprint density at radius 1 is 1.38 bits per heavy atom. The fraction of sp³-hybridized carbons (Fsp3) is 0.533. The Labute approximate surface area is 124 Å². The van der Waals surface area contributed by atoms with Crippen LogP contribution in [0.4, 0.5) is 5.69 Å². The average Bonchev–Trinajstić information content (AvgIpc) is 2.46. The van der Waals surface area contributed by atoms with Crippen LogP contribution in [0.5, 0.6) is 5.75 Å². The normalized spacial score (nSPS) is 13.7. The van der Waals surface area contributed by atoms with Crippen molar-refractivity contribution in [2.75, 3.05) is 18.5 Å². The average molecular weight is 296 g/mol. The standard InChI is InChI=1S/C15H24N2O4/c1-3-4-15(21)17-11-5-6-14(20)13(7-11)10(2)16-8-12(19)9-18/h5-7,10,12,16,18-20H,3-4,8-9H2,1-2H3,(H,17,21). The molecule has 0 aliphatic carbocycles. The maximum atomic E-state index is 11.6. The molecule has 118 valence electrons. The lowest BCUT2D eigenvalue weighted by atomic mass is 10.1. The number of benzene rings is 1. The van der Waals surface area contributed by atoms with Gasteiger partial charge in [-0.2, -0.15) is 0 Å². The first-order chi connectivity index (χ1) is 9.97. The third kappa shape index (κ3) is 5.71. The molecule has 0 aliphatic heterocycles. The summed E-state index contributed by atoms with van der Waals surface area (Å²) >= 11 is 0. The number of hydrogen-bond donors (Lipinski definition) is 5. The van der Waals surface area contributed by atoms with Crippen molar-refractivity contribution in [3.8, 4) is 5.75 Å². The highest BCUT2D eigenvalue weighted by molar-refractivity contribution is 5.90. The molecule has 2 unspecified atom stereocenters. The molecule has 0 bridgehead atoms. The number of aromatic hydroxyl groups is 1. The molecule has 0 heterocycles. The fourth-order valence-electron chi connectivity index (χ4n) is 1.92. The Bertz CT molecular complexity index is 465. The lowest BCUT2D eigenvalue weighted by molar-refractivity contribution is -0.116. The summed E-state index contributed by atoms with van der Waals surface area (Å²) in [5.41, 5.74) is 1.24. The first-order valence-electron chi connectivity index (χ1n) is 7.13. The Morgan fingerprint density at radius 2 is 2.10 bits per heavy atom. The lowest BCUT2D eigenvalue weighted by Crippen LogP contribution is -2.31. The third-order valence-electron chi connectivity index (χ3n) is 3.13. The zero-order valence-corrected chi connectivity index (χ0v) is 12.5. The van der Waals surface area contributed by atoms with Gasteiger partial charge in [-0.15, -0.1) is 0 Å². The highest BCUT2D eigenvalue weighted by atomic mass is 16.3. The molecule has 0 saturated carbocycles. The quantitative estimate of drug-likeness (QED) is 0.463. The summed E-state index contributed by atoms with van der Waals surface area (Å²) in [6, 6.07) is 4.64. The van der Waals surface area contributed by atoms with E-state index >= 15 is 0 Å². The number of phenolic OH excluding ortho intramolecular Hbond substituents is 1. The van der Waals surface area contributed by atoms with Crippen LogP contribution in [0, 0.1) is 0 Å². The van der Waals surface area contributed by atoms with E-state index in [9.17, 15) is 15.0 Å². The summed E-state index contributed by atoms with van der Waals surface area (Å²) < 4.78 is 0. The van der Waals surface area contributed by atoms with Crippen molar-refractivity contribution in [1.29, 1.82) is 0 Å². The van der Waals surface area contributed by atoms with Gasteiger partial charge in [-0.3, -0.25) is 4.79 Å². The molecule has 1 rings (SSSR count). The maximum absolute atomic E-state index is 11.6. The van der Waals surface area contributed by atoms with Gasteiger partial charge in [-0.25, -0.2) is 0 Å². The SMILES string of the molecule is CCCC(=O)Nc1ccc(O)c(C(C)NCC(O)CO)c1. The largest absolute Gasteiger partial charge is 0.508 e. The van der Waals surface area contributed by atoms with E-state index in [4.69, 9.17) is 5.11 Å². The van der Waals surface area contributed by atoms with Crippen molar-refractivity contribution in [3.05, 3.63) is 23.8 Å². The van der Waals surface area contributed by atoms with Crippen LogP contribution in [0.1, 0.15) is 38.3 Å². The number of rotatable bonds is 8. The van der Waals surface area contributed by atoms with Crippen LogP contribution < -0.4 is 10.6 Å². The molecule has 1 amide bonds. The molecule has 2 atom stereocenters. The van der Waals surface area contributed by atoms with Crippen molar-refractivity contribution in [1.82, 2.24) is 5.32 Å². The van der Waals surface area contributed by atoms with Crippen LogP contribution in [0.2, 0.25) is 0 Å². The molecule has 6 nitrogen and oxygen atoms in total. The van der Waals surface area contributed by atoms with Crippen LogP contribution in [0.3, 0.4) is 0 Å². The molecule has 0 spiro atoms. The second kappa shape index (κ2) is 8.61. The number of carbonyl (C=O) groups excluding carboxylic acids is 1. The minimum atomic E-state index is -0.845. The number of phenols is 1. The molecule has 1 aromatic rings. The van der Waals surface area contributed by atoms with E-state index in [1.54, 1.807) is 12.1 Å². The van der Waals surface area contributed by atoms with Gasteiger partial charge < -0.3 is 26.0 Å². The highest BCUT2D eigenvalue weighted by Crippen LogP contribution is 2.27. The summed E-state index contributed by atoms with van der Waals surface area (Å²) in [5.74, 6) is 0.0485. The van der Waals surface area contributed by atoms with E-state index in [-0.39, 0.29) is 30.9 Å². The predicted molar refractivity (Wildman–Crippen MR) is 81.2 cm³/mol. The summed E-state index contributed by atoms with van der Waals surface area (Å²) in [7, 11) is 0. The zero-order chi connectivity index (χ0) is 15.8. The second-order valence-corrected chi connectivity index (χ2v) is 5.04. The molecular weight excluding hydrogens is 272 g/mol. The van der Waals surface area contributed by atoms with Crippen LogP contribution in [-0.2, 0) is 4.79 Å². The second-order valence-electron chi connectivity index (χ2n) is 5.04. The summed E-state index contributed by atoms with van der Waals surface area (Å²) in [6.07, 6.45) is 0.377. The van der Waals surface area contributed by atoms with Crippen molar-refractivity contribution in [2.24, 2.45) is 0 Å². The Morgan fingerprint density at radius 3 is 2.71 bits per heavy atom. The molecule has 0 radical (unpaired) electrons. The van der Waals surface area contributed by atoms with Gasteiger partial charge in [0.2, 0.25) is 5.91 Å². The molecule has 0 aliphatic rings. The first-order valence-corrected chi connectivity index (χ1v) is 7.13. The van der Waals surface area contributed by atoms with Crippen molar-refractivity contribution in [3.63, 3.8) is 0 Å². The van der Waals surface area contributed by atoms with Gasteiger partial charge in [0.15, 0.2) is 0 Å². The Balaban J connectivity index is 2.74. The van der Waals surface area contributed by atoms with E-state index in [0.29, 0.717) is 17.7 Å². The van der Waals surface area contributed by atoms with Gasteiger partial charge in [0.25, 0.3) is 0 Å². The molecule has 5 N–H and O–H groups in total. The first kappa shape index (κ1) is 17.4. The van der Waals surface area contributed by atoms with Gasteiger partial charge in [0.05, 0.1) is 12.7 Å². The minimum absolute atomic E-state index is 0.0644. The smallest absolute Gasteiger partial charge is 0.224 e. The number of aliphatic hydroxyl groups is 2. The van der Waals surface area contributed by atoms with E-state index in [1.165, 1.54) is 6.07 Å². The van der Waals surface area contributed by atoms with Gasteiger partial charge in [-0.05, 0) is 31.5 Å². The van der Waals surface area contributed by atoms with Crippen LogP contribution in [0.25, 0.3) is 0 Å². The molecular formula is C15H24N2O4. The maximum Gasteiger partial charge on any atom is 0.224 e. The molecule has 0 saturated heterocycles. The molecule has 6 heteroatoms. The van der Waals surface area contributed by atoms with Gasteiger partial charge in [-0.1, -0.05) is 6.92 Å². The molecule has 21 heavy (non-hydrogen) atoms. The van der Waals surface area contributed by atoms with E-state index < -0.39 is 6.10 Å². The van der Waals surface area contributed by atoms with Crippen molar-refractivity contribution < 1.29 is 20.1 Å². The van der Waals surface area contributed by atoms with E-state index in [1.807, 2.05) is 13.8 Å². The predicted octanol–water partition coefficient (Wildman–Crippen LogP) is 1.13. The minimum Gasteiger partial charge on any atom is -0.508 e. The van der Waals surface area contributed by atoms with Gasteiger partial charge >= 0.3 is 0 Å². The van der Waals surface area contributed by atoms with Gasteiger partial charge in [0, 0.05) is 30.3 Å². The number of hydrogen-bond acceptors (Lipinski definition) is 5. The van der Waals surface area contributed by atoms with E-state index in [2.05, 4.69) is 10.6 Å². The van der Waals surface area contributed by atoms with Crippen LogP contribution >= 0.6 is 0 Å². The number of amides is 1. The number of aliphatic hydroxyl groups excluding tert-OH is 2. The number of nitrogens with one attached hydrogen (secondary N) is 2. The monoisotopic (exact) mass is 296 g/mol. The summed E-state index contributed by atoms with van der Waals surface area (Å²) in [5, 5.41) is 33.8. The molecule has 1 aromatic carbocycles. The topological polar surface area (TPSA) is 102 Å². The lowest BCUT2D eigenvalue weighted by Gasteiger charge is -2.18. The van der Waals surface area contributed by atoms with E-state index in [0.717, 1.165) is 6.42 Å². The zero-order valence-electron chi connectivity index (χ0n) is 12.5. The third-order valence-corrected chi connectivity index (χ3v) is 3.13. The van der Waals surface area contributed by atoms with Gasteiger partial charge in [0.1, 0.15) is 5.75 Å². The van der Waals surface area contributed by atoms with Crippen LogP contribution in [0.15, 0.2) is 18.2 Å². The molecule has 0 fully saturated rings. The summed E-state index contributed by atoms with van der Waals surface area (Å²) in [6.45, 7) is 3.65.